The predicted octanol–water partition coefficient (Wildman–Crippen LogP) is 2.76. The summed E-state index contributed by atoms with van der Waals surface area (Å²) in [6.45, 7) is 1.64. The highest BCUT2D eigenvalue weighted by molar-refractivity contribution is 6.30. The highest BCUT2D eigenvalue weighted by Gasteiger charge is 2.39. The summed E-state index contributed by atoms with van der Waals surface area (Å²) < 4.78 is 0. The maximum Gasteiger partial charge on any atom is 0.227 e. The fourth-order valence-corrected chi connectivity index (χ4v) is 4.70. The lowest BCUT2D eigenvalue weighted by molar-refractivity contribution is 0.0994. The second-order valence-corrected chi connectivity index (χ2v) is 8.99. The Morgan fingerprint density at radius 3 is 2.53 bits per heavy atom. The van der Waals surface area contributed by atoms with Gasteiger partial charge in [0, 0.05) is 37.8 Å². The number of rotatable bonds is 5. The van der Waals surface area contributed by atoms with Crippen LogP contribution >= 0.6 is 11.6 Å². The van der Waals surface area contributed by atoms with Gasteiger partial charge in [-0.1, -0.05) is 11.6 Å². The molecule has 0 radical (unpaired) electrons. The number of fused-ring (bicyclic) bond motifs is 1. The van der Waals surface area contributed by atoms with E-state index in [1.807, 2.05) is 0 Å². The third-order valence-corrected chi connectivity index (χ3v) is 6.82. The van der Waals surface area contributed by atoms with Gasteiger partial charge in [-0.25, -0.2) is 15.0 Å². The van der Waals surface area contributed by atoms with Gasteiger partial charge < -0.3 is 15.3 Å². The molecule has 1 saturated heterocycles. The highest BCUT2D eigenvalue weighted by atomic mass is 35.5. The number of aliphatic hydroxyl groups excluding tert-OH is 1. The van der Waals surface area contributed by atoms with E-state index < -0.39 is 0 Å². The molecule has 0 unspecified atom stereocenters. The molecule has 3 heterocycles. The molecule has 5 rings (SSSR count). The van der Waals surface area contributed by atoms with Gasteiger partial charge in [0.15, 0.2) is 5.78 Å². The van der Waals surface area contributed by atoms with E-state index in [4.69, 9.17) is 21.6 Å². The van der Waals surface area contributed by atoms with Crippen molar-refractivity contribution in [2.45, 2.75) is 56.4 Å². The van der Waals surface area contributed by atoms with Crippen molar-refractivity contribution in [1.82, 2.24) is 19.9 Å². The van der Waals surface area contributed by atoms with Crippen LogP contribution in [0.5, 0.6) is 0 Å². The molecule has 158 valence electrons. The molecule has 2 aliphatic carbocycles. The first-order valence-corrected chi connectivity index (χ1v) is 11.0. The molecule has 30 heavy (non-hydrogen) atoms. The molecule has 1 aliphatic heterocycles. The zero-order chi connectivity index (χ0) is 20.7. The number of aryl methyl sites for hydroxylation is 1. The number of carbonyl (C=O) groups is 1. The number of aromatic nitrogens is 4. The first kappa shape index (κ1) is 19.6. The van der Waals surface area contributed by atoms with Gasteiger partial charge in [0.2, 0.25) is 5.95 Å². The molecule has 1 saturated carbocycles. The molecule has 2 aromatic rings. The summed E-state index contributed by atoms with van der Waals surface area (Å²) in [5, 5.41) is 13.8. The Hall–Kier alpha value is -2.32. The van der Waals surface area contributed by atoms with Crippen molar-refractivity contribution >= 4 is 29.2 Å². The van der Waals surface area contributed by atoms with Gasteiger partial charge in [-0.15, -0.1) is 0 Å². The van der Waals surface area contributed by atoms with Gasteiger partial charge in [0.1, 0.15) is 11.6 Å². The number of ketones is 1. The molecule has 2 fully saturated rings. The van der Waals surface area contributed by atoms with Crippen LogP contribution in [0.4, 0.5) is 11.8 Å². The third-order valence-electron chi connectivity index (χ3n) is 6.62. The topological polar surface area (TPSA) is 104 Å². The molecule has 0 amide bonds. The quantitative estimate of drug-likeness (QED) is 0.749. The minimum atomic E-state index is -0.360. The number of nitrogens with zero attached hydrogens (tertiary/aromatic N) is 5. The third kappa shape index (κ3) is 3.52. The minimum Gasteiger partial charge on any atom is -0.394 e. The van der Waals surface area contributed by atoms with E-state index in [2.05, 4.69) is 20.2 Å². The molecular weight excluding hydrogens is 404 g/mol. The zero-order valence-corrected chi connectivity index (χ0v) is 17.5. The van der Waals surface area contributed by atoms with Crippen LogP contribution in [0.1, 0.15) is 66.3 Å². The zero-order valence-electron chi connectivity index (χ0n) is 16.8. The largest absolute Gasteiger partial charge is 0.394 e. The molecule has 9 heteroatoms. The maximum absolute atomic E-state index is 12.5. The van der Waals surface area contributed by atoms with Gasteiger partial charge in [-0.05, 0) is 38.5 Å². The molecule has 0 atom stereocenters. The van der Waals surface area contributed by atoms with E-state index >= 15 is 0 Å². The van der Waals surface area contributed by atoms with Gasteiger partial charge in [-0.2, -0.15) is 4.98 Å². The fourth-order valence-electron chi connectivity index (χ4n) is 4.61. The standard InChI is InChI=1S/C21H25ClN6O2/c22-14-10-23-18(24-11-14)13-4-8-28(9-5-13)20-25-15-2-3-16(30)17(15)19(26-20)27-21(12-29)6-1-7-21/h10-11,13,29H,1-9,12H2,(H,25,26,27). The van der Waals surface area contributed by atoms with Crippen LogP contribution in [0.2, 0.25) is 5.02 Å². The van der Waals surface area contributed by atoms with E-state index in [0.29, 0.717) is 41.1 Å². The van der Waals surface area contributed by atoms with Crippen molar-refractivity contribution < 1.29 is 9.90 Å². The number of hydrogen-bond acceptors (Lipinski definition) is 8. The molecule has 0 bridgehead atoms. The molecule has 3 aliphatic rings. The van der Waals surface area contributed by atoms with Crippen molar-refractivity contribution in [3.05, 3.63) is 34.5 Å². The molecule has 2 aromatic heterocycles. The number of anilines is 2. The SMILES string of the molecule is O=C1CCc2nc(N3CCC(c4ncc(Cl)cn4)CC3)nc(NC3(CO)CCC3)c21. The lowest BCUT2D eigenvalue weighted by Crippen LogP contribution is -2.49. The van der Waals surface area contributed by atoms with E-state index in [9.17, 15) is 9.90 Å². The normalized spacial score (nSPS) is 20.7. The minimum absolute atomic E-state index is 0.0434. The van der Waals surface area contributed by atoms with E-state index in [-0.39, 0.29) is 17.9 Å². The van der Waals surface area contributed by atoms with Crippen molar-refractivity contribution in [3.63, 3.8) is 0 Å². The Bertz CT molecular complexity index is 949. The Balaban J connectivity index is 1.37. The second kappa shape index (κ2) is 7.74. The van der Waals surface area contributed by atoms with Crippen molar-refractivity contribution in [1.29, 1.82) is 0 Å². The van der Waals surface area contributed by atoms with Crippen LogP contribution in [-0.4, -0.2) is 56.1 Å². The number of aliphatic hydroxyl groups is 1. The van der Waals surface area contributed by atoms with Crippen molar-refractivity contribution in [3.8, 4) is 0 Å². The average molecular weight is 429 g/mol. The van der Waals surface area contributed by atoms with Crippen molar-refractivity contribution in [2.24, 2.45) is 0 Å². The van der Waals surface area contributed by atoms with Crippen LogP contribution in [0.25, 0.3) is 0 Å². The Morgan fingerprint density at radius 2 is 1.90 bits per heavy atom. The van der Waals surface area contributed by atoms with E-state index in [1.54, 1.807) is 12.4 Å². The number of piperidine rings is 1. The fraction of sp³-hybridized carbons (Fsp3) is 0.571. The van der Waals surface area contributed by atoms with Crippen LogP contribution in [0, 0.1) is 0 Å². The first-order chi connectivity index (χ1) is 14.6. The summed E-state index contributed by atoms with van der Waals surface area (Å²) in [6.07, 6.45) is 9.08. The number of Topliss-reactive ketones (excluding diaryl/α,β-unsaturated/α-hetero) is 1. The smallest absolute Gasteiger partial charge is 0.227 e. The molecule has 2 N–H and O–H groups in total. The number of nitrogens with one attached hydrogen (secondary N) is 1. The first-order valence-electron chi connectivity index (χ1n) is 10.6. The lowest BCUT2D eigenvalue weighted by atomic mass is 9.77. The second-order valence-electron chi connectivity index (χ2n) is 8.55. The lowest BCUT2D eigenvalue weighted by Gasteiger charge is -2.42. The summed E-state index contributed by atoms with van der Waals surface area (Å²) in [4.78, 5) is 32.9. The van der Waals surface area contributed by atoms with Crippen LogP contribution in [0.15, 0.2) is 12.4 Å². The Morgan fingerprint density at radius 1 is 1.17 bits per heavy atom. The highest BCUT2D eigenvalue weighted by Crippen LogP contribution is 2.38. The molecule has 0 spiro atoms. The van der Waals surface area contributed by atoms with Gasteiger partial charge >= 0.3 is 0 Å². The van der Waals surface area contributed by atoms with Crippen LogP contribution in [-0.2, 0) is 6.42 Å². The summed E-state index contributed by atoms with van der Waals surface area (Å²) in [6, 6.07) is 0. The summed E-state index contributed by atoms with van der Waals surface area (Å²) in [5.41, 5.74) is 1.08. The summed E-state index contributed by atoms with van der Waals surface area (Å²) in [7, 11) is 0. The van der Waals surface area contributed by atoms with Gasteiger partial charge in [0.25, 0.3) is 0 Å². The summed E-state index contributed by atoms with van der Waals surface area (Å²) >= 11 is 5.90. The van der Waals surface area contributed by atoms with Crippen LogP contribution in [0.3, 0.4) is 0 Å². The maximum atomic E-state index is 12.5. The average Bonchev–Trinajstić information content (AvgIpc) is 3.12. The summed E-state index contributed by atoms with van der Waals surface area (Å²) in [5.74, 6) is 2.46. The number of carbonyl (C=O) groups excluding carboxylic acids is 1. The monoisotopic (exact) mass is 428 g/mol. The van der Waals surface area contributed by atoms with Crippen molar-refractivity contribution in [2.75, 3.05) is 29.9 Å². The number of hydrogen-bond donors (Lipinski definition) is 2. The number of halogens is 1. The van der Waals surface area contributed by atoms with E-state index in [0.717, 1.165) is 56.7 Å². The molecule has 8 nitrogen and oxygen atoms in total. The van der Waals surface area contributed by atoms with E-state index in [1.165, 1.54) is 0 Å². The Kier molecular flexibility index (Phi) is 5.06. The van der Waals surface area contributed by atoms with Gasteiger partial charge in [-0.3, -0.25) is 4.79 Å². The van der Waals surface area contributed by atoms with Crippen LogP contribution < -0.4 is 10.2 Å². The molecular formula is C21H25ClN6O2. The Labute approximate surface area is 180 Å². The van der Waals surface area contributed by atoms with Gasteiger partial charge in [0.05, 0.1) is 28.4 Å². The predicted molar refractivity (Wildman–Crippen MR) is 113 cm³/mol. The molecule has 0 aromatic carbocycles.